The van der Waals surface area contributed by atoms with Crippen LogP contribution in [-0.4, -0.2) is 49.3 Å². The molecule has 138 valence electrons. The Morgan fingerprint density at radius 1 is 1.08 bits per heavy atom. The lowest BCUT2D eigenvalue weighted by Crippen LogP contribution is -2.43. The second kappa shape index (κ2) is 7.89. The van der Waals surface area contributed by atoms with Crippen LogP contribution < -0.4 is 4.74 Å². The third-order valence-corrected chi connectivity index (χ3v) is 4.91. The Labute approximate surface area is 154 Å². The molecule has 1 heterocycles. The zero-order chi connectivity index (χ0) is 18.6. The molecular weight excluding hydrogens is 330 g/mol. The van der Waals surface area contributed by atoms with E-state index in [1.165, 1.54) is 0 Å². The number of likely N-dealkylation sites (tertiary alicyclic amines) is 1. The normalized spacial score (nSPS) is 18.1. The zero-order valence-corrected chi connectivity index (χ0v) is 15.2. The van der Waals surface area contributed by atoms with Crippen molar-refractivity contribution >= 4 is 5.97 Å². The predicted octanol–water partition coefficient (Wildman–Crippen LogP) is 2.57. The van der Waals surface area contributed by atoms with Gasteiger partial charge in [-0.1, -0.05) is 42.5 Å². The highest BCUT2D eigenvalue weighted by Crippen LogP contribution is 2.34. The van der Waals surface area contributed by atoms with Crippen molar-refractivity contribution in [3.8, 4) is 5.75 Å². The van der Waals surface area contributed by atoms with Crippen molar-refractivity contribution in [2.45, 2.75) is 24.5 Å². The molecule has 2 aromatic rings. The number of esters is 1. The standard InChI is InChI=1S/C21H25NO4/c1-22-13-11-18(12-14-22)26-20(23)21(24,16-7-4-3-5-8-16)17-9-6-10-19(15-17)25-2/h3-10,15,18,24H,11-14H2,1-2H3. The molecule has 2 aromatic carbocycles. The summed E-state index contributed by atoms with van der Waals surface area (Å²) >= 11 is 0. The summed E-state index contributed by atoms with van der Waals surface area (Å²) in [6.45, 7) is 1.75. The van der Waals surface area contributed by atoms with Gasteiger partial charge >= 0.3 is 5.97 Å². The molecule has 26 heavy (non-hydrogen) atoms. The molecule has 0 aliphatic carbocycles. The maximum absolute atomic E-state index is 13.1. The van der Waals surface area contributed by atoms with Crippen molar-refractivity contribution in [3.63, 3.8) is 0 Å². The van der Waals surface area contributed by atoms with Crippen molar-refractivity contribution in [2.75, 3.05) is 27.2 Å². The third-order valence-electron chi connectivity index (χ3n) is 4.91. The Morgan fingerprint density at radius 3 is 2.38 bits per heavy atom. The van der Waals surface area contributed by atoms with Gasteiger partial charge in [-0.05, 0) is 37.6 Å². The Bertz CT molecular complexity index is 741. The van der Waals surface area contributed by atoms with E-state index < -0.39 is 11.6 Å². The van der Waals surface area contributed by atoms with Crippen LogP contribution in [0.2, 0.25) is 0 Å². The summed E-state index contributed by atoms with van der Waals surface area (Å²) in [7, 11) is 3.60. The van der Waals surface area contributed by atoms with E-state index in [9.17, 15) is 9.90 Å². The number of carbonyl (C=O) groups excluding carboxylic acids is 1. The first-order valence-corrected chi connectivity index (χ1v) is 8.86. The van der Waals surface area contributed by atoms with Gasteiger partial charge < -0.3 is 19.5 Å². The molecule has 0 spiro atoms. The first kappa shape index (κ1) is 18.4. The average molecular weight is 355 g/mol. The number of rotatable bonds is 5. The number of aliphatic hydroxyl groups is 1. The van der Waals surface area contributed by atoms with Crippen LogP contribution in [0, 0.1) is 0 Å². The highest BCUT2D eigenvalue weighted by Gasteiger charge is 2.43. The molecule has 1 unspecified atom stereocenters. The topological polar surface area (TPSA) is 59.0 Å². The number of ether oxygens (including phenoxy) is 2. The highest BCUT2D eigenvalue weighted by molar-refractivity contribution is 5.85. The Hall–Kier alpha value is -2.37. The van der Waals surface area contributed by atoms with Crippen LogP contribution in [0.5, 0.6) is 5.75 Å². The van der Waals surface area contributed by atoms with Crippen molar-refractivity contribution in [2.24, 2.45) is 0 Å². The maximum atomic E-state index is 13.1. The SMILES string of the molecule is COc1cccc(C(O)(C(=O)OC2CCN(C)CC2)c2ccccc2)c1. The molecule has 0 aromatic heterocycles. The average Bonchev–Trinajstić information content (AvgIpc) is 2.69. The van der Waals surface area contributed by atoms with Crippen LogP contribution in [0.1, 0.15) is 24.0 Å². The number of nitrogens with zero attached hydrogens (tertiary/aromatic N) is 1. The summed E-state index contributed by atoms with van der Waals surface area (Å²) in [5.41, 5.74) is -0.966. The predicted molar refractivity (Wildman–Crippen MR) is 99.0 cm³/mol. The fourth-order valence-corrected chi connectivity index (χ4v) is 3.27. The van der Waals surface area contributed by atoms with Gasteiger partial charge in [0.25, 0.3) is 0 Å². The number of benzene rings is 2. The molecule has 1 fully saturated rings. The molecular formula is C21H25NO4. The van der Waals surface area contributed by atoms with Crippen molar-refractivity contribution < 1.29 is 19.4 Å². The second-order valence-corrected chi connectivity index (χ2v) is 6.72. The van der Waals surface area contributed by atoms with Crippen molar-refractivity contribution in [1.82, 2.24) is 4.90 Å². The summed E-state index contributed by atoms with van der Waals surface area (Å²) < 4.78 is 11.0. The Morgan fingerprint density at radius 2 is 1.73 bits per heavy atom. The molecule has 1 aliphatic rings. The number of carbonyl (C=O) groups is 1. The molecule has 1 N–H and O–H groups in total. The monoisotopic (exact) mass is 355 g/mol. The van der Waals surface area contributed by atoms with E-state index in [4.69, 9.17) is 9.47 Å². The second-order valence-electron chi connectivity index (χ2n) is 6.72. The van der Waals surface area contributed by atoms with E-state index in [1.54, 1.807) is 55.6 Å². The van der Waals surface area contributed by atoms with E-state index in [1.807, 2.05) is 6.07 Å². The van der Waals surface area contributed by atoms with Gasteiger partial charge in [0.1, 0.15) is 11.9 Å². The lowest BCUT2D eigenvalue weighted by Gasteiger charge is -2.33. The van der Waals surface area contributed by atoms with E-state index in [2.05, 4.69) is 11.9 Å². The van der Waals surface area contributed by atoms with Crippen LogP contribution in [0.4, 0.5) is 0 Å². The van der Waals surface area contributed by atoms with Crippen LogP contribution >= 0.6 is 0 Å². The van der Waals surface area contributed by atoms with Crippen molar-refractivity contribution in [1.29, 1.82) is 0 Å². The summed E-state index contributed by atoms with van der Waals surface area (Å²) in [5, 5.41) is 11.5. The first-order chi connectivity index (χ1) is 12.5. The van der Waals surface area contributed by atoms with Gasteiger partial charge in [-0.25, -0.2) is 4.79 Å². The van der Waals surface area contributed by atoms with Crippen LogP contribution in [0.3, 0.4) is 0 Å². The van der Waals surface area contributed by atoms with E-state index >= 15 is 0 Å². The summed E-state index contributed by atoms with van der Waals surface area (Å²) in [5.74, 6) is -0.0737. The minimum absolute atomic E-state index is 0.181. The van der Waals surface area contributed by atoms with Gasteiger partial charge in [0.2, 0.25) is 5.60 Å². The smallest absolute Gasteiger partial charge is 0.347 e. The number of piperidine rings is 1. The van der Waals surface area contributed by atoms with Gasteiger partial charge in [-0.15, -0.1) is 0 Å². The lowest BCUT2D eigenvalue weighted by molar-refractivity contribution is -0.169. The first-order valence-electron chi connectivity index (χ1n) is 8.86. The molecule has 0 radical (unpaired) electrons. The van der Waals surface area contributed by atoms with Crippen LogP contribution in [0.25, 0.3) is 0 Å². The van der Waals surface area contributed by atoms with Gasteiger partial charge in [-0.2, -0.15) is 0 Å². The van der Waals surface area contributed by atoms with Crippen molar-refractivity contribution in [3.05, 3.63) is 65.7 Å². The minimum Gasteiger partial charge on any atom is -0.497 e. The Kier molecular flexibility index (Phi) is 5.59. The van der Waals surface area contributed by atoms with E-state index in [0.29, 0.717) is 16.9 Å². The molecule has 0 saturated carbocycles. The van der Waals surface area contributed by atoms with E-state index in [0.717, 1.165) is 25.9 Å². The molecule has 3 rings (SSSR count). The fourth-order valence-electron chi connectivity index (χ4n) is 3.27. The molecule has 0 amide bonds. The lowest BCUT2D eigenvalue weighted by atomic mass is 9.86. The van der Waals surface area contributed by atoms with Gasteiger partial charge in [0.05, 0.1) is 7.11 Å². The van der Waals surface area contributed by atoms with E-state index in [-0.39, 0.29) is 6.10 Å². The number of hydrogen-bond donors (Lipinski definition) is 1. The molecule has 1 saturated heterocycles. The molecule has 5 heteroatoms. The largest absolute Gasteiger partial charge is 0.497 e. The summed E-state index contributed by atoms with van der Waals surface area (Å²) in [6, 6.07) is 15.8. The number of methoxy groups -OCH3 is 1. The zero-order valence-electron chi connectivity index (χ0n) is 15.2. The van der Waals surface area contributed by atoms with Gasteiger partial charge in [-0.3, -0.25) is 0 Å². The van der Waals surface area contributed by atoms with Crippen LogP contribution in [-0.2, 0) is 15.1 Å². The molecule has 1 aliphatic heterocycles. The van der Waals surface area contributed by atoms with Gasteiger partial charge in [0, 0.05) is 18.7 Å². The van der Waals surface area contributed by atoms with Gasteiger partial charge in [0.15, 0.2) is 0 Å². The van der Waals surface area contributed by atoms with Crippen LogP contribution in [0.15, 0.2) is 54.6 Å². The fraction of sp³-hybridized carbons (Fsp3) is 0.381. The third kappa shape index (κ3) is 3.74. The quantitative estimate of drug-likeness (QED) is 0.836. The summed E-state index contributed by atoms with van der Waals surface area (Å²) in [6.07, 6.45) is 1.36. The maximum Gasteiger partial charge on any atom is 0.347 e. The molecule has 0 bridgehead atoms. The highest BCUT2D eigenvalue weighted by atomic mass is 16.6. The number of hydrogen-bond acceptors (Lipinski definition) is 5. The summed E-state index contributed by atoms with van der Waals surface area (Å²) in [4.78, 5) is 15.3. The minimum atomic E-state index is -1.88. The molecule has 5 nitrogen and oxygen atoms in total. The molecule has 1 atom stereocenters. The Balaban J connectivity index is 1.94.